The van der Waals surface area contributed by atoms with Crippen LogP contribution in [0.4, 0.5) is 0 Å². The van der Waals surface area contributed by atoms with E-state index in [1.165, 1.54) is 31.2 Å². The molecular formula is C19H22N2O5S. The first-order valence-corrected chi connectivity index (χ1v) is 9.93. The first kappa shape index (κ1) is 20.6. The minimum absolute atomic E-state index is 0.0550. The lowest BCUT2D eigenvalue weighted by Gasteiger charge is -2.23. The van der Waals surface area contributed by atoms with Crippen molar-refractivity contribution < 1.29 is 23.1 Å². The van der Waals surface area contributed by atoms with Gasteiger partial charge in [-0.05, 0) is 36.8 Å². The first-order chi connectivity index (χ1) is 12.8. The van der Waals surface area contributed by atoms with Gasteiger partial charge in [-0.3, -0.25) is 9.59 Å². The van der Waals surface area contributed by atoms with Crippen molar-refractivity contribution >= 4 is 21.9 Å². The fourth-order valence-corrected chi connectivity index (χ4v) is 3.62. The Morgan fingerprint density at radius 3 is 2.15 bits per heavy atom. The molecule has 0 fully saturated rings. The molecular weight excluding hydrogens is 368 g/mol. The Kier molecular flexibility index (Phi) is 6.70. The number of carboxylic acid groups (broad SMARTS) is 1. The van der Waals surface area contributed by atoms with E-state index in [0.717, 1.165) is 0 Å². The molecule has 0 bridgehead atoms. The monoisotopic (exact) mass is 390 g/mol. The number of hydrogen-bond acceptors (Lipinski definition) is 4. The van der Waals surface area contributed by atoms with Crippen LogP contribution in [0.3, 0.4) is 0 Å². The summed E-state index contributed by atoms with van der Waals surface area (Å²) in [4.78, 5) is 24.1. The number of carboxylic acids is 1. The quantitative estimate of drug-likeness (QED) is 0.639. The number of benzene rings is 2. The second kappa shape index (κ2) is 8.79. The minimum Gasteiger partial charge on any atom is -0.481 e. The molecule has 0 radical (unpaired) electrons. The SMILES string of the molecule is CCNS(=O)(=O)c1ccc(C(=O)NC(c2ccccc2)C(C)C(=O)O)cc1. The maximum absolute atomic E-state index is 12.6. The second-order valence-electron chi connectivity index (χ2n) is 6.01. The molecule has 0 aliphatic heterocycles. The third-order valence-electron chi connectivity index (χ3n) is 4.10. The zero-order valence-corrected chi connectivity index (χ0v) is 15.9. The van der Waals surface area contributed by atoms with Crippen LogP contribution in [0, 0.1) is 5.92 Å². The number of rotatable bonds is 8. The molecule has 0 spiro atoms. The molecule has 1 amide bonds. The number of sulfonamides is 1. The lowest BCUT2D eigenvalue weighted by Crippen LogP contribution is -2.35. The third-order valence-corrected chi connectivity index (χ3v) is 5.66. The first-order valence-electron chi connectivity index (χ1n) is 8.44. The number of nitrogens with one attached hydrogen (secondary N) is 2. The van der Waals surface area contributed by atoms with Crippen LogP contribution in [-0.2, 0) is 14.8 Å². The summed E-state index contributed by atoms with van der Waals surface area (Å²) >= 11 is 0. The second-order valence-corrected chi connectivity index (χ2v) is 7.78. The molecule has 2 unspecified atom stereocenters. The topological polar surface area (TPSA) is 113 Å². The minimum atomic E-state index is -3.60. The van der Waals surface area contributed by atoms with Crippen molar-refractivity contribution in [1.82, 2.24) is 10.0 Å². The molecule has 0 saturated heterocycles. The van der Waals surface area contributed by atoms with Crippen molar-refractivity contribution in [3.8, 4) is 0 Å². The highest BCUT2D eigenvalue weighted by Crippen LogP contribution is 2.23. The molecule has 8 heteroatoms. The average Bonchev–Trinajstić information content (AvgIpc) is 2.66. The number of aliphatic carboxylic acids is 1. The predicted molar refractivity (Wildman–Crippen MR) is 101 cm³/mol. The van der Waals surface area contributed by atoms with Gasteiger partial charge >= 0.3 is 5.97 Å². The fourth-order valence-electron chi connectivity index (χ4n) is 2.58. The maximum Gasteiger partial charge on any atom is 0.308 e. The highest BCUT2D eigenvalue weighted by molar-refractivity contribution is 7.89. The summed E-state index contributed by atoms with van der Waals surface area (Å²) in [6, 6.07) is 13.6. The Balaban J connectivity index is 2.24. The zero-order chi connectivity index (χ0) is 20.0. The van der Waals surface area contributed by atoms with Crippen molar-refractivity contribution in [1.29, 1.82) is 0 Å². The van der Waals surface area contributed by atoms with Gasteiger partial charge < -0.3 is 10.4 Å². The van der Waals surface area contributed by atoms with E-state index in [2.05, 4.69) is 10.0 Å². The lowest BCUT2D eigenvalue weighted by atomic mass is 9.94. The summed E-state index contributed by atoms with van der Waals surface area (Å²) in [6.07, 6.45) is 0. The zero-order valence-electron chi connectivity index (χ0n) is 15.0. The van der Waals surface area contributed by atoms with E-state index in [9.17, 15) is 23.1 Å². The Labute approximate surface area is 158 Å². The highest BCUT2D eigenvalue weighted by atomic mass is 32.2. The van der Waals surface area contributed by atoms with E-state index in [1.807, 2.05) is 0 Å². The maximum atomic E-state index is 12.6. The molecule has 27 heavy (non-hydrogen) atoms. The van der Waals surface area contributed by atoms with Gasteiger partial charge in [0.2, 0.25) is 10.0 Å². The summed E-state index contributed by atoms with van der Waals surface area (Å²) in [6.45, 7) is 3.45. The molecule has 0 saturated carbocycles. The van der Waals surface area contributed by atoms with Crippen LogP contribution in [0.2, 0.25) is 0 Å². The Morgan fingerprint density at radius 1 is 1.04 bits per heavy atom. The van der Waals surface area contributed by atoms with Crippen molar-refractivity contribution in [3.63, 3.8) is 0 Å². The Bertz CT molecular complexity index is 895. The number of carbonyl (C=O) groups is 2. The Morgan fingerprint density at radius 2 is 1.63 bits per heavy atom. The molecule has 3 N–H and O–H groups in total. The van der Waals surface area contributed by atoms with Crippen LogP contribution in [0.15, 0.2) is 59.5 Å². The summed E-state index contributed by atoms with van der Waals surface area (Å²) < 4.78 is 26.3. The molecule has 2 atom stereocenters. The molecule has 7 nitrogen and oxygen atoms in total. The Hall–Kier alpha value is -2.71. The molecule has 0 aromatic heterocycles. The average molecular weight is 390 g/mol. The van der Waals surface area contributed by atoms with E-state index in [-0.39, 0.29) is 17.0 Å². The number of carbonyl (C=O) groups excluding carboxylic acids is 1. The number of amides is 1. The van der Waals surface area contributed by atoms with Crippen LogP contribution in [0.1, 0.15) is 35.8 Å². The van der Waals surface area contributed by atoms with Gasteiger partial charge in [-0.25, -0.2) is 13.1 Å². The van der Waals surface area contributed by atoms with Gasteiger partial charge in [0.05, 0.1) is 16.9 Å². The lowest BCUT2D eigenvalue weighted by molar-refractivity contribution is -0.142. The number of hydrogen-bond donors (Lipinski definition) is 3. The van der Waals surface area contributed by atoms with Gasteiger partial charge in [0.15, 0.2) is 0 Å². The molecule has 144 valence electrons. The predicted octanol–water partition coefficient (Wildman–Crippen LogP) is 2.18. The third kappa shape index (κ3) is 5.15. The van der Waals surface area contributed by atoms with Gasteiger partial charge in [0.1, 0.15) is 0 Å². The largest absolute Gasteiger partial charge is 0.481 e. The van der Waals surface area contributed by atoms with Gasteiger partial charge in [-0.15, -0.1) is 0 Å². The van der Waals surface area contributed by atoms with Crippen LogP contribution in [-0.4, -0.2) is 31.9 Å². The summed E-state index contributed by atoms with van der Waals surface area (Å²) in [7, 11) is -3.60. The summed E-state index contributed by atoms with van der Waals surface area (Å²) in [5, 5.41) is 12.1. The normalized spacial score (nSPS) is 13.6. The molecule has 0 heterocycles. The summed E-state index contributed by atoms with van der Waals surface area (Å²) in [5.74, 6) is -2.36. The van der Waals surface area contributed by atoms with E-state index >= 15 is 0 Å². The molecule has 0 aliphatic rings. The van der Waals surface area contributed by atoms with Crippen molar-refractivity contribution in [2.24, 2.45) is 5.92 Å². The van der Waals surface area contributed by atoms with E-state index in [0.29, 0.717) is 5.56 Å². The van der Waals surface area contributed by atoms with E-state index < -0.39 is 33.9 Å². The van der Waals surface area contributed by atoms with Gasteiger partial charge in [-0.2, -0.15) is 0 Å². The van der Waals surface area contributed by atoms with Crippen molar-refractivity contribution in [3.05, 3.63) is 65.7 Å². The summed E-state index contributed by atoms with van der Waals surface area (Å²) in [5.41, 5.74) is 0.913. The van der Waals surface area contributed by atoms with Crippen LogP contribution in [0.25, 0.3) is 0 Å². The standard InChI is InChI=1S/C19H22N2O5S/c1-3-20-27(25,26)16-11-9-15(10-12-16)18(22)21-17(13(2)19(23)24)14-7-5-4-6-8-14/h4-13,17,20H,3H2,1-2H3,(H,21,22)(H,23,24). The highest BCUT2D eigenvalue weighted by Gasteiger charge is 2.27. The molecule has 2 aromatic rings. The molecule has 2 rings (SSSR count). The van der Waals surface area contributed by atoms with Crippen molar-refractivity contribution in [2.45, 2.75) is 24.8 Å². The fraction of sp³-hybridized carbons (Fsp3) is 0.263. The van der Waals surface area contributed by atoms with Crippen molar-refractivity contribution in [2.75, 3.05) is 6.54 Å². The van der Waals surface area contributed by atoms with Gasteiger partial charge in [0, 0.05) is 12.1 Å². The smallest absolute Gasteiger partial charge is 0.308 e. The van der Waals surface area contributed by atoms with Crippen LogP contribution >= 0.6 is 0 Å². The van der Waals surface area contributed by atoms with Crippen LogP contribution in [0.5, 0.6) is 0 Å². The van der Waals surface area contributed by atoms with Gasteiger partial charge in [-0.1, -0.05) is 37.3 Å². The van der Waals surface area contributed by atoms with E-state index in [4.69, 9.17) is 0 Å². The van der Waals surface area contributed by atoms with Crippen LogP contribution < -0.4 is 10.0 Å². The van der Waals surface area contributed by atoms with E-state index in [1.54, 1.807) is 37.3 Å². The van der Waals surface area contributed by atoms with Gasteiger partial charge in [0.25, 0.3) is 5.91 Å². The molecule has 0 aliphatic carbocycles. The molecule has 2 aromatic carbocycles.